The zero-order valence-electron chi connectivity index (χ0n) is 8.60. The lowest BCUT2D eigenvalue weighted by Crippen LogP contribution is -2.26. The summed E-state index contributed by atoms with van der Waals surface area (Å²) in [6.07, 6.45) is -4.37. The van der Waals surface area contributed by atoms with Gasteiger partial charge in [0.1, 0.15) is 0 Å². The molecule has 1 rings (SSSR count). The number of rotatable bonds is 2. The first kappa shape index (κ1) is 12.0. The molecule has 0 unspecified atom stereocenters. The van der Waals surface area contributed by atoms with Gasteiger partial charge in [-0.25, -0.2) is 0 Å². The van der Waals surface area contributed by atoms with Crippen molar-refractivity contribution in [3.05, 3.63) is 35.4 Å². The van der Waals surface area contributed by atoms with Crippen molar-refractivity contribution >= 4 is 0 Å². The Morgan fingerprint density at radius 2 is 1.53 bits per heavy atom. The van der Waals surface area contributed by atoms with Gasteiger partial charge in [0.15, 0.2) is 0 Å². The number of hydrogen-bond acceptors (Lipinski definition) is 1. The van der Waals surface area contributed by atoms with E-state index >= 15 is 0 Å². The van der Waals surface area contributed by atoms with Crippen molar-refractivity contribution in [1.29, 1.82) is 0 Å². The van der Waals surface area contributed by atoms with E-state index in [4.69, 9.17) is 5.11 Å². The van der Waals surface area contributed by atoms with Crippen LogP contribution in [0.15, 0.2) is 24.3 Å². The summed E-state index contributed by atoms with van der Waals surface area (Å²) >= 11 is 0. The fourth-order valence-electron chi connectivity index (χ4n) is 1.41. The predicted octanol–water partition coefficient (Wildman–Crippen LogP) is 2.98. The zero-order valence-corrected chi connectivity index (χ0v) is 8.60. The molecule has 84 valence electrons. The number of alkyl halides is 3. The summed E-state index contributed by atoms with van der Waals surface area (Å²) in [5.41, 5.74) is -1.43. The van der Waals surface area contributed by atoms with E-state index < -0.39 is 17.2 Å². The second-order valence-corrected chi connectivity index (χ2v) is 4.09. The molecule has 1 N–H and O–H groups in total. The van der Waals surface area contributed by atoms with Gasteiger partial charge in [-0.1, -0.05) is 32.0 Å². The first-order chi connectivity index (χ1) is 6.79. The van der Waals surface area contributed by atoms with E-state index in [1.165, 1.54) is 12.1 Å². The highest BCUT2D eigenvalue weighted by atomic mass is 19.4. The molecular formula is C11H13F3O. The van der Waals surface area contributed by atoms with E-state index in [2.05, 4.69) is 0 Å². The van der Waals surface area contributed by atoms with E-state index in [0.717, 1.165) is 6.07 Å². The van der Waals surface area contributed by atoms with Crippen LogP contribution in [0.3, 0.4) is 0 Å². The fraction of sp³-hybridized carbons (Fsp3) is 0.455. The van der Waals surface area contributed by atoms with Crippen molar-refractivity contribution in [2.75, 3.05) is 6.61 Å². The third-order valence-corrected chi connectivity index (χ3v) is 2.36. The van der Waals surface area contributed by atoms with E-state index in [9.17, 15) is 13.2 Å². The highest BCUT2D eigenvalue weighted by Gasteiger charge is 2.36. The van der Waals surface area contributed by atoms with Crippen LogP contribution in [0.4, 0.5) is 13.2 Å². The van der Waals surface area contributed by atoms with Crippen LogP contribution in [0.1, 0.15) is 25.0 Å². The summed E-state index contributed by atoms with van der Waals surface area (Å²) < 4.78 is 37.9. The summed E-state index contributed by atoms with van der Waals surface area (Å²) in [6.45, 7) is 2.84. The molecule has 1 nitrogen and oxygen atoms in total. The van der Waals surface area contributed by atoms with Crippen molar-refractivity contribution in [2.24, 2.45) is 0 Å². The molecular weight excluding hydrogens is 205 g/mol. The Kier molecular flexibility index (Phi) is 3.09. The molecule has 0 saturated carbocycles. The predicted molar refractivity (Wildman–Crippen MR) is 51.6 cm³/mol. The number of aliphatic hydroxyl groups excluding tert-OH is 1. The number of aliphatic hydroxyl groups is 1. The second kappa shape index (κ2) is 3.85. The normalized spacial score (nSPS) is 12.9. The van der Waals surface area contributed by atoms with Gasteiger partial charge in [0.25, 0.3) is 0 Å². The molecule has 0 saturated heterocycles. The monoisotopic (exact) mass is 218 g/mol. The molecule has 0 aliphatic rings. The molecule has 0 aromatic heterocycles. The first-order valence-corrected chi connectivity index (χ1v) is 4.56. The first-order valence-electron chi connectivity index (χ1n) is 4.56. The van der Waals surface area contributed by atoms with Crippen molar-refractivity contribution in [3.8, 4) is 0 Å². The highest BCUT2D eigenvalue weighted by Crippen LogP contribution is 2.37. The zero-order chi connectivity index (χ0) is 11.7. The molecule has 4 heteroatoms. The van der Waals surface area contributed by atoms with Crippen LogP contribution in [-0.4, -0.2) is 11.7 Å². The van der Waals surface area contributed by atoms with Crippen LogP contribution in [0.25, 0.3) is 0 Å². The van der Waals surface area contributed by atoms with E-state index in [1.807, 2.05) is 0 Å². The average Bonchev–Trinajstić information content (AvgIpc) is 2.16. The lowest BCUT2D eigenvalue weighted by atomic mass is 9.82. The molecule has 15 heavy (non-hydrogen) atoms. The second-order valence-electron chi connectivity index (χ2n) is 4.09. The van der Waals surface area contributed by atoms with Crippen LogP contribution in [-0.2, 0) is 11.6 Å². The van der Waals surface area contributed by atoms with Gasteiger partial charge >= 0.3 is 6.18 Å². The fourth-order valence-corrected chi connectivity index (χ4v) is 1.41. The van der Waals surface area contributed by atoms with Crippen molar-refractivity contribution in [2.45, 2.75) is 25.4 Å². The summed E-state index contributed by atoms with van der Waals surface area (Å²) in [5, 5.41) is 9.07. The standard InChI is InChI=1S/C11H13F3O/c1-10(2,7-15)8-5-3-4-6-9(8)11(12,13)14/h3-6,15H,7H2,1-2H3. The van der Waals surface area contributed by atoms with E-state index in [1.54, 1.807) is 19.9 Å². The number of benzene rings is 1. The van der Waals surface area contributed by atoms with Crippen LogP contribution < -0.4 is 0 Å². The number of hydrogen-bond donors (Lipinski definition) is 1. The van der Waals surface area contributed by atoms with Crippen molar-refractivity contribution < 1.29 is 18.3 Å². The Bertz CT molecular complexity index is 342. The molecule has 0 heterocycles. The van der Waals surface area contributed by atoms with Gasteiger partial charge in [0.2, 0.25) is 0 Å². The molecule has 0 bridgehead atoms. The topological polar surface area (TPSA) is 20.2 Å². The van der Waals surface area contributed by atoms with Crippen LogP contribution in [0, 0.1) is 0 Å². The van der Waals surface area contributed by atoms with E-state index in [0.29, 0.717) is 0 Å². The van der Waals surface area contributed by atoms with Gasteiger partial charge in [-0.15, -0.1) is 0 Å². The van der Waals surface area contributed by atoms with Gasteiger partial charge in [-0.05, 0) is 11.6 Å². The third-order valence-electron chi connectivity index (χ3n) is 2.36. The van der Waals surface area contributed by atoms with E-state index in [-0.39, 0.29) is 12.2 Å². The number of halogens is 3. The van der Waals surface area contributed by atoms with Crippen molar-refractivity contribution in [3.63, 3.8) is 0 Å². The summed E-state index contributed by atoms with van der Waals surface area (Å²) in [4.78, 5) is 0. The highest BCUT2D eigenvalue weighted by molar-refractivity contribution is 5.35. The summed E-state index contributed by atoms with van der Waals surface area (Å²) in [5.74, 6) is 0. The minimum atomic E-state index is -4.37. The molecule has 0 aliphatic carbocycles. The minimum Gasteiger partial charge on any atom is -0.395 e. The lowest BCUT2D eigenvalue weighted by Gasteiger charge is -2.26. The maximum absolute atomic E-state index is 12.6. The molecule has 0 fully saturated rings. The quantitative estimate of drug-likeness (QED) is 0.809. The maximum atomic E-state index is 12.6. The summed E-state index contributed by atoms with van der Waals surface area (Å²) in [7, 11) is 0. The Morgan fingerprint density at radius 1 is 1.07 bits per heavy atom. The lowest BCUT2D eigenvalue weighted by molar-refractivity contribution is -0.138. The smallest absolute Gasteiger partial charge is 0.395 e. The molecule has 1 aromatic carbocycles. The Morgan fingerprint density at radius 3 is 1.93 bits per heavy atom. The molecule has 1 aromatic rings. The van der Waals surface area contributed by atoms with Gasteiger partial charge in [0, 0.05) is 5.41 Å². The Labute approximate surface area is 86.5 Å². The summed E-state index contributed by atoms with van der Waals surface area (Å²) in [6, 6.07) is 5.33. The molecule has 0 atom stereocenters. The van der Waals surface area contributed by atoms with Crippen LogP contribution in [0.2, 0.25) is 0 Å². The van der Waals surface area contributed by atoms with Crippen LogP contribution >= 0.6 is 0 Å². The van der Waals surface area contributed by atoms with Gasteiger partial charge < -0.3 is 5.11 Å². The molecule has 0 spiro atoms. The third kappa shape index (κ3) is 2.50. The van der Waals surface area contributed by atoms with Crippen LogP contribution in [0.5, 0.6) is 0 Å². The Hall–Kier alpha value is -1.03. The largest absolute Gasteiger partial charge is 0.416 e. The molecule has 0 amide bonds. The SMILES string of the molecule is CC(C)(CO)c1ccccc1C(F)(F)F. The average molecular weight is 218 g/mol. The maximum Gasteiger partial charge on any atom is 0.416 e. The Balaban J connectivity index is 3.31. The van der Waals surface area contributed by atoms with Gasteiger partial charge in [-0.2, -0.15) is 13.2 Å². The van der Waals surface area contributed by atoms with Crippen molar-refractivity contribution in [1.82, 2.24) is 0 Å². The minimum absolute atomic E-state index is 0.125. The molecule has 0 aliphatic heterocycles. The molecule has 0 radical (unpaired) electrons. The van der Waals surface area contributed by atoms with Gasteiger partial charge in [0.05, 0.1) is 12.2 Å². The van der Waals surface area contributed by atoms with Gasteiger partial charge in [-0.3, -0.25) is 0 Å².